The van der Waals surface area contributed by atoms with Gasteiger partial charge in [-0.3, -0.25) is 23.2 Å². The third kappa shape index (κ3) is 41.5. The van der Waals surface area contributed by atoms with Crippen molar-refractivity contribution in [1.29, 1.82) is 0 Å². The Morgan fingerprint density at radius 2 is 1.08 bits per heavy atom. The Morgan fingerprint density at radius 1 is 0.585 bits per heavy atom. The largest absolute Gasteiger partial charge is 0.472 e. The third-order valence-corrected chi connectivity index (χ3v) is 13.5. The Kier molecular flexibility index (Phi) is 38.7. The van der Waals surface area contributed by atoms with Crippen molar-refractivity contribution in [3.05, 3.63) is 12.2 Å². The molecular formula is C49H94O14P2. The molecule has 0 aromatic heterocycles. The van der Waals surface area contributed by atoms with Gasteiger partial charge in [0.05, 0.1) is 32.0 Å². The van der Waals surface area contributed by atoms with Crippen molar-refractivity contribution in [1.82, 2.24) is 0 Å². The average molecular weight is 969 g/mol. The van der Waals surface area contributed by atoms with E-state index in [9.17, 15) is 28.7 Å². The zero-order valence-electron chi connectivity index (χ0n) is 41.0. The summed E-state index contributed by atoms with van der Waals surface area (Å²) in [6.07, 6.45) is 39.4. The van der Waals surface area contributed by atoms with Crippen LogP contribution >= 0.6 is 15.6 Å². The number of phosphoric acid groups is 2. The van der Waals surface area contributed by atoms with Crippen LogP contribution in [-0.4, -0.2) is 82.6 Å². The Bertz CT molecular complexity index is 1280. The van der Waals surface area contributed by atoms with Gasteiger partial charge in [-0.2, -0.15) is 0 Å². The second kappa shape index (κ2) is 40.7. The van der Waals surface area contributed by atoms with Crippen LogP contribution in [0.5, 0.6) is 0 Å². The molecule has 65 heavy (non-hydrogen) atoms. The van der Waals surface area contributed by atoms with Gasteiger partial charge in [-0.15, -0.1) is 0 Å². The molecule has 0 bridgehead atoms. The number of aliphatic hydroxyl groups excluding tert-OH is 1. The molecule has 0 radical (unpaired) electrons. The number of aliphatic hydroxyl groups is 1. The fourth-order valence-electron chi connectivity index (χ4n) is 7.69. The van der Waals surface area contributed by atoms with E-state index in [1.807, 2.05) is 0 Å². The van der Waals surface area contributed by atoms with Gasteiger partial charge in [-0.05, 0) is 44.4 Å². The van der Waals surface area contributed by atoms with E-state index < -0.39 is 59.6 Å². The molecule has 1 heterocycles. The molecule has 0 aromatic rings. The predicted octanol–water partition coefficient (Wildman–Crippen LogP) is 12.9. The van der Waals surface area contributed by atoms with E-state index in [4.69, 9.17) is 33.0 Å². The number of rotatable bonds is 48. The summed E-state index contributed by atoms with van der Waals surface area (Å²) in [7, 11) is -9.68. The zero-order chi connectivity index (χ0) is 47.9. The van der Waals surface area contributed by atoms with Gasteiger partial charge in [0, 0.05) is 12.8 Å². The molecule has 1 rings (SSSR count). The smallest absolute Gasteiger partial charge is 0.462 e. The highest BCUT2D eigenvalue weighted by Crippen LogP contribution is 2.44. The fourth-order valence-corrected chi connectivity index (χ4v) is 8.84. The fraction of sp³-hybridized carbons (Fsp3) is 0.918. The number of esters is 2. The first kappa shape index (κ1) is 61.8. The zero-order valence-corrected chi connectivity index (χ0v) is 42.8. The van der Waals surface area contributed by atoms with E-state index >= 15 is 0 Å². The van der Waals surface area contributed by atoms with E-state index in [-0.39, 0.29) is 19.4 Å². The number of phosphoric ester groups is 2. The quantitative estimate of drug-likeness (QED) is 0.0147. The number of unbranched alkanes of at least 4 members (excludes halogenated alkanes) is 24. The number of ether oxygens (including phenoxy) is 3. The molecule has 0 aromatic carbocycles. The van der Waals surface area contributed by atoms with E-state index in [0.29, 0.717) is 25.0 Å². The van der Waals surface area contributed by atoms with Crippen LogP contribution in [0.1, 0.15) is 233 Å². The maximum atomic E-state index is 12.7. The molecule has 0 spiro atoms. The standard InChI is InChI=1S/C49H94O14P2/c1-4-6-29-35-46-47(63-46)36-31-26-22-19-20-24-28-33-38-49(52)62-45(42-61-65(56,57)60-40-44(50)39-59-64(53,54)55)41-58-48(51)37-32-27-23-18-16-14-12-10-8-7-9-11-13-15-17-21-25-30-34-43(3)5-2/h26,31,43-47,50H,4-25,27-30,32-42H2,1-3H3,(H,56,57)(H2,53,54,55)/b31-26-/t43?,44-,45+,46?,47?/m0/s1. The van der Waals surface area contributed by atoms with Gasteiger partial charge < -0.3 is 34.0 Å². The van der Waals surface area contributed by atoms with Crippen molar-refractivity contribution >= 4 is 27.6 Å². The van der Waals surface area contributed by atoms with Crippen LogP contribution in [0.15, 0.2) is 12.2 Å². The molecule has 1 saturated heterocycles. The van der Waals surface area contributed by atoms with Crippen molar-refractivity contribution in [3.8, 4) is 0 Å². The maximum absolute atomic E-state index is 12.7. The van der Waals surface area contributed by atoms with Gasteiger partial charge in [0.25, 0.3) is 0 Å². The number of carbonyl (C=O) groups is 2. The summed E-state index contributed by atoms with van der Waals surface area (Å²) in [6.45, 7) is 4.14. The lowest BCUT2D eigenvalue weighted by atomic mass is 9.99. The normalized spacial score (nSPS) is 17.5. The minimum absolute atomic E-state index is 0.114. The van der Waals surface area contributed by atoms with Crippen LogP contribution in [0.3, 0.4) is 0 Å². The van der Waals surface area contributed by atoms with Gasteiger partial charge >= 0.3 is 27.6 Å². The third-order valence-electron chi connectivity index (χ3n) is 12.1. The van der Waals surface area contributed by atoms with Crippen LogP contribution in [0, 0.1) is 5.92 Å². The molecule has 1 aliphatic rings. The average Bonchev–Trinajstić information content (AvgIpc) is 4.03. The monoisotopic (exact) mass is 969 g/mol. The maximum Gasteiger partial charge on any atom is 0.472 e. The van der Waals surface area contributed by atoms with Crippen molar-refractivity contribution in [2.45, 2.75) is 257 Å². The number of epoxide rings is 1. The molecule has 0 saturated carbocycles. The molecular weight excluding hydrogens is 874 g/mol. The lowest BCUT2D eigenvalue weighted by Crippen LogP contribution is -2.30. The highest BCUT2D eigenvalue weighted by molar-refractivity contribution is 7.47. The van der Waals surface area contributed by atoms with Gasteiger partial charge in [-0.25, -0.2) is 9.13 Å². The summed E-state index contributed by atoms with van der Waals surface area (Å²) < 4.78 is 53.7. The summed E-state index contributed by atoms with van der Waals surface area (Å²) >= 11 is 0. The first-order valence-corrected chi connectivity index (χ1v) is 28.9. The second-order valence-corrected chi connectivity index (χ2v) is 21.1. The number of allylic oxidation sites excluding steroid dienone is 1. The van der Waals surface area contributed by atoms with E-state index in [1.165, 1.54) is 122 Å². The molecule has 0 aliphatic carbocycles. The van der Waals surface area contributed by atoms with Gasteiger partial charge in [0.2, 0.25) is 0 Å². The van der Waals surface area contributed by atoms with Crippen molar-refractivity contribution in [2.75, 3.05) is 26.4 Å². The number of carbonyl (C=O) groups excluding carboxylic acids is 2. The van der Waals surface area contributed by atoms with E-state index in [1.54, 1.807) is 0 Å². The molecule has 14 nitrogen and oxygen atoms in total. The summed E-state index contributed by atoms with van der Waals surface area (Å²) in [6, 6.07) is 0. The Hall–Kier alpha value is -1.18. The van der Waals surface area contributed by atoms with E-state index in [2.05, 4.69) is 37.4 Å². The molecule has 384 valence electrons. The van der Waals surface area contributed by atoms with Gasteiger partial charge in [0.15, 0.2) is 6.10 Å². The van der Waals surface area contributed by atoms with Crippen LogP contribution in [-0.2, 0) is 46.5 Å². The topological polar surface area (TPSA) is 208 Å². The van der Waals surface area contributed by atoms with Crippen LogP contribution in [0.25, 0.3) is 0 Å². The summed E-state index contributed by atoms with van der Waals surface area (Å²) in [5.41, 5.74) is 0. The molecule has 6 atom stereocenters. The molecule has 4 unspecified atom stereocenters. The van der Waals surface area contributed by atoms with Crippen molar-refractivity contribution in [3.63, 3.8) is 0 Å². The van der Waals surface area contributed by atoms with Crippen LogP contribution in [0.4, 0.5) is 0 Å². The molecule has 0 amide bonds. The molecule has 4 N–H and O–H groups in total. The first-order chi connectivity index (χ1) is 31.2. The minimum Gasteiger partial charge on any atom is -0.462 e. The van der Waals surface area contributed by atoms with Crippen molar-refractivity contribution < 1.29 is 66.3 Å². The molecule has 16 heteroatoms. The Morgan fingerprint density at radius 3 is 1.62 bits per heavy atom. The van der Waals surface area contributed by atoms with Gasteiger partial charge in [-0.1, -0.05) is 193 Å². The summed E-state index contributed by atoms with van der Waals surface area (Å²) in [5.74, 6) is -0.155. The molecule has 1 fully saturated rings. The first-order valence-electron chi connectivity index (χ1n) is 25.9. The second-order valence-electron chi connectivity index (χ2n) is 18.4. The lowest BCUT2D eigenvalue weighted by Gasteiger charge is -2.20. The Labute approximate surface area is 394 Å². The lowest BCUT2D eigenvalue weighted by molar-refractivity contribution is -0.161. The predicted molar refractivity (Wildman–Crippen MR) is 257 cm³/mol. The van der Waals surface area contributed by atoms with Gasteiger partial charge in [0.1, 0.15) is 12.7 Å². The van der Waals surface area contributed by atoms with Crippen LogP contribution < -0.4 is 0 Å². The SMILES string of the molecule is CCCCCC1OC1C/C=C\CCCCCCCC(=O)O[C@H](COC(=O)CCCCCCCCCCCCCCCCCCCCC(C)CC)COP(=O)(O)OC[C@@H](O)COP(=O)(O)O. The molecule has 1 aliphatic heterocycles. The van der Waals surface area contributed by atoms with E-state index in [0.717, 1.165) is 70.1 Å². The number of hydrogen-bond donors (Lipinski definition) is 4. The summed E-state index contributed by atoms with van der Waals surface area (Å²) in [5, 5.41) is 9.78. The number of hydrogen-bond acceptors (Lipinski definition) is 11. The highest BCUT2D eigenvalue weighted by atomic mass is 31.2. The van der Waals surface area contributed by atoms with Crippen LogP contribution in [0.2, 0.25) is 0 Å². The highest BCUT2D eigenvalue weighted by Gasteiger charge is 2.36. The minimum atomic E-state index is -4.87. The van der Waals surface area contributed by atoms with Crippen molar-refractivity contribution in [2.24, 2.45) is 5.92 Å². The summed E-state index contributed by atoms with van der Waals surface area (Å²) in [4.78, 5) is 52.9. The Balaban J connectivity index is 2.25.